The molecule has 0 aromatic carbocycles. The van der Waals surface area contributed by atoms with Crippen LogP contribution in [0.15, 0.2) is 12.1 Å². The van der Waals surface area contributed by atoms with E-state index in [1.165, 1.54) is 0 Å². The van der Waals surface area contributed by atoms with E-state index in [4.69, 9.17) is 0 Å². The van der Waals surface area contributed by atoms with E-state index in [9.17, 15) is 0 Å². The second-order valence-electron chi connectivity index (χ2n) is 2.83. The maximum atomic E-state index is 3.92. The van der Waals surface area contributed by atoms with Gasteiger partial charge < -0.3 is 0 Å². The third kappa shape index (κ3) is 1.68. The van der Waals surface area contributed by atoms with Crippen molar-refractivity contribution in [1.82, 2.24) is 30.6 Å². The van der Waals surface area contributed by atoms with Gasteiger partial charge in [-0.2, -0.15) is 5.10 Å². The molecule has 0 saturated carbocycles. The topological polar surface area (TPSA) is 77.3 Å². The normalized spacial score (nSPS) is 10.1. The highest BCUT2D eigenvalue weighted by Crippen LogP contribution is 2.07. The highest BCUT2D eigenvalue weighted by atomic mass is 15.3. The summed E-state index contributed by atoms with van der Waals surface area (Å²) in [5.41, 5.74) is 1.43. The van der Waals surface area contributed by atoms with Gasteiger partial charge in [0.05, 0.1) is 5.69 Å². The van der Waals surface area contributed by atoms with Gasteiger partial charge in [0.1, 0.15) is 5.69 Å². The quantitative estimate of drug-likeness (QED) is 0.642. The Bertz CT molecular complexity index is 377. The van der Waals surface area contributed by atoms with Gasteiger partial charge in [0.15, 0.2) is 5.82 Å². The molecule has 70 valence electrons. The predicted octanol–water partition coefficient (Wildman–Crippen LogP) is 0.340. The molecular formula is C8H8N6. The van der Waals surface area contributed by atoms with Gasteiger partial charge in [0.25, 0.3) is 0 Å². The molecule has 2 aromatic rings. The summed E-state index contributed by atoms with van der Waals surface area (Å²) in [5, 5.41) is 23.1. The summed E-state index contributed by atoms with van der Waals surface area (Å²) in [6.45, 7) is 3.59. The molecule has 6 heteroatoms. The number of aryl methyl sites for hydroxylation is 2. The number of rotatable bonds is 1. The highest BCUT2D eigenvalue weighted by Gasteiger charge is 2.03. The molecule has 14 heavy (non-hydrogen) atoms. The summed E-state index contributed by atoms with van der Waals surface area (Å²) in [5.74, 6) is 0.928. The van der Waals surface area contributed by atoms with Crippen LogP contribution >= 0.6 is 0 Å². The van der Waals surface area contributed by atoms with E-state index < -0.39 is 0 Å². The zero-order valence-corrected chi connectivity index (χ0v) is 7.84. The predicted molar refractivity (Wildman–Crippen MR) is 48.1 cm³/mol. The SMILES string of the molecule is Cc1ccc(-c2nnc(C)nn2)nn1. The molecule has 0 spiro atoms. The lowest BCUT2D eigenvalue weighted by atomic mass is 10.3. The van der Waals surface area contributed by atoms with Crippen LogP contribution in [-0.2, 0) is 0 Å². The lowest BCUT2D eigenvalue weighted by Crippen LogP contribution is -2.00. The third-order valence-corrected chi connectivity index (χ3v) is 1.61. The van der Waals surface area contributed by atoms with Crippen molar-refractivity contribution >= 4 is 0 Å². The van der Waals surface area contributed by atoms with Crippen molar-refractivity contribution in [1.29, 1.82) is 0 Å². The monoisotopic (exact) mass is 188 g/mol. The molecule has 0 saturated heterocycles. The molecule has 6 nitrogen and oxygen atoms in total. The smallest absolute Gasteiger partial charge is 0.155 e. The van der Waals surface area contributed by atoms with Gasteiger partial charge in [-0.15, -0.1) is 25.5 Å². The maximum Gasteiger partial charge on any atom is 0.223 e. The molecule has 2 heterocycles. The van der Waals surface area contributed by atoms with Crippen LogP contribution in [0.3, 0.4) is 0 Å². The molecule has 0 aliphatic carbocycles. The molecule has 2 rings (SSSR count). The minimum Gasteiger partial charge on any atom is -0.155 e. The van der Waals surface area contributed by atoms with E-state index in [1.807, 2.05) is 13.0 Å². The average Bonchev–Trinajstić information content (AvgIpc) is 2.21. The summed E-state index contributed by atoms with van der Waals surface area (Å²) in [4.78, 5) is 0. The van der Waals surface area contributed by atoms with Gasteiger partial charge in [-0.3, -0.25) is 0 Å². The zero-order chi connectivity index (χ0) is 9.97. The Kier molecular flexibility index (Phi) is 2.10. The van der Waals surface area contributed by atoms with Crippen molar-refractivity contribution in [2.45, 2.75) is 13.8 Å². The first-order valence-electron chi connectivity index (χ1n) is 4.10. The Hall–Kier alpha value is -1.98. The largest absolute Gasteiger partial charge is 0.223 e. The number of nitrogens with zero attached hydrogens (tertiary/aromatic N) is 6. The molecule has 0 unspecified atom stereocenters. The van der Waals surface area contributed by atoms with Gasteiger partial charge in [0.2, 0.25) is 5.82 Å². The number of aromatic nitrogens is 6. The maximum absolute atomic E-state index is 3.92. The lowest BCUT2D eigenvalue weighted by Gasteiger charge is -1.96. The molecule has 2 aromatic heterocycles. The van der Waals surface area contributed by atoms with Crippen molar-refractivity contribution in [3.05, 3.63) is 23.7 Å². The van der Waals surface area contributed by atoms with E-state index >= 15 is 0 Å². The summed E-state index contributed by atoms with van der Waals surface area (Å²) < 4.78 is 0. The molecule has 0 bridgehead atoms. The van der Waals surface area contributed by atoms with Gasteiger partial charge in [-0.05, 0) is 26.0 Å². The van der Waals surface area contributed by atoms with Crippen molar-refractivity contribution in [3.8, 4) is 11.5 Å². The molecule has 0 aliphatic rings. The molecule has 0 amide bonds. The van der Waals surface area contributed by atoms with Crippen LogP contribution in [0, 0.1) is 13.8 Å². The van der Waals surface area contributed by atoms with Crippen LogP contribution in [0.2, 0.25) is 0 Å². The fraction of sp³-hybridized carbons (Fsp3) is 0.250. The summed E-state index contributed by atoms with van der Waals surface area (Å²) in [6, 6.07) is 3.63. The minimum atomic E-state index is 0.392. The second-order valence-corrected chi connectivity index (χ2v) is 2.83. The Morgan fingerprint density at radius 2 is 1.50 bits per heavy atom. The van der Waals surface area contributed by atoms with E-state index in [0.717, 1.165) is 5.69 Å². The van der Waals surface area contributed by atoms with Gasteiger partial charge in [-0.25, -0.2) is 0 Å². The first-order chi connectivity index (χ1) is 6.75. The fourth-order valence-corrected chi connectivity index (χ4v) is 0.900. The lowest BCUT2D eigenvalue weighted by molar-refractivity contribution is 0.806. The molecular weight excluding hydrogens is 180 g/mol. The molecule has 0 N–H and O–H groups in total. The molecule has 0 atom stereocenters. The van der Waals surface area contributed by atoms with Gasteiger partial charge >= 0.3 is 0 Å². The first kappa shape index (κ1) is 8.61. The van der Waals surface area contributed by atoms with Crippen LogP contribution in [0.5, 0.6) is 0 Å². The summed E-state index contributed by atoms with van der Waals surface area (Å²) in [6.07, 6.45) is 0. The Morgan fingerprint density at radius 3 is 2.07 bits per heavy atom. The molecule has 0 radical (unpaired) electrons. The average molecular weight is 188 g/mol. The van der Waals surface area contributed by atoms with E-state index in [0.29, 0.717) is 17.3 Å². The third-order valence-electron chi connectivity index (χ3n) is 1.61. The van der Waals surface area contributed by atoms with E-state index in [-0.39, 0.29) is 0 Å². The van der Waals surface area contributed by atoms with Crippen LogP contribution in [0.4, 0.5) is 0 Å². The van der Waals surface area contributed by atoms with Crippen LogP contribution in [0.1, 0.15) is 11.5 Å². The zero-order valence-electron chi connectivity index (χ0n) is 7.84. The van der Waals surface area contributed by atoms with Crippen molar-refractivity contribution in [3.63, 3.8) is 0 Å². The van der Waals surface area contributed by atoms with Crippen LogP contribution in [0.25, 0.3) is 11.5 Å². The number of hydrogen-bond donors (Lipinski definition) is 0. The van der Waals surface area contributed by atoms with Gasteiger partial charge in [0, 0.05) is 0 Å². The highest BCUT2D eigenvalue weighted by molar-refractivity contribution is 5.45. The summed E-state index contributed by atoms with van der Waals surface area (Å²) in [7, 11) is 0. The second kappa shape index (κ2) is 3.41. The van der Waals surface area contributed by atoms with Crippen LogP contribution < -0.4 is 0 Å². The van der Waals surface area contributed by atoms with E-state index in [2.05, 4.69) is 30.6 Å². The van der Waals surface area contributed by atoms with Crippen LogP contribution in [-0.4, -0.2) is 30.6 Å². The Labute approximate surface area is 80.4 Å². The number of hydrogen-bond acceptors (Lipinski definition) is 6. The fourth-order valence-electron chi connectivity index (χ4n) is 0.900. The minimum absolute atomic E-state index is 0.392. The first-order valence-corrected chi connectivity index (χ1v) is 4.10. The Morgan fingerprint density at radius 1 is 0.786 bits per heavy atom. The molecule has 0 aliphatic heterocycles. The Balaban J connectivity index is 2.40. The molecule has 0 fully saturated rings. The van der Waals surface area contributed by atoms with Crippen molar-refractivity contribution in [2.75, 3.05) is 0 Å². The van der Waals surface area contributed by atoms with Gasteiger partial charge in [-0.1, -0.05) is 0 Å². The standard InChI is InChI=1S/C8H8N6/c1-5-3-4-7(12-9-5)8-13-10-6(2)11-14-8/h3-4H,1-2H3. The van der Waals surface area contributed by atoms with Crippen molar-refractivity contribution < 1.29 is 0 Å². The summed E-state index contributed by atoms with van der Waals surface area (Å²) >= 11 is 0. The van der Waals surface area contributed by atoms with E-state index in [1.54, 1.807) is 13.0 Å². The van der Waals surface area contributed by atoms with Crippen molar-refractivity contribution in [2.24, 2.45) is 0 Å².